The third-order valence-electron chi connectivity index (χ3n) is 14.6. The SMILES string of the molecule is CO[C@H]1C[C@@H](C)C/C(C)=C/[C@@H](C/C=C/CCC(=O)N(CCO)CCO)C(=O)C[C@H](O)[C@@H](C)[C@@H](/C(C)=C/[C@@H]2CC[C@@H](O)[C@H](OC)C2)OC(=O)[C@@H]2CCCCN2C(=O)C(=O)[C@]2(O)O[C@H]1[C@@H](OC)C[C@H]2C. The number of piperidine rings is 1. The van der Waals surface area contributed by atoms with Crippen molar-refractivity contribution in [2.24, 2.45) is 29.6 Å². The fourth-order valence-electron chi connectivity index (χ4n) is 10.6. The standard InChI is InChI=1S/C51H82N2O15/c1-31-24-32(2)26-43(65-7)47-44(66-8)28-34(4)51(63,68-47)48(60)49(61)53-19-13-12-15-38(53)50(62)67-46(33(3)27-36-17-18-39(56)42(29-36)64-6)35(5)40(57)30-41(58)37(25-31)14-10-9-11-16-45(59)52(20-22-54)21-23-55/h9-10,25,27,32,34-40,42-44,46-47,54-57,63H,11-24,26,28-30H2,1-8H3/b10-9+,31-25+,33-27+/t32-,34+,35+,36-,37+,38-,39+,40-,42+,43-,44-,46+,47+,51+/m0/s1. The number of rotatable bonds is 14. The molecule has 68 heavy (non-hydrogen) atoms. The summed E-state index contributed by atoms with van der Waals surface area (Å²) in [6, 6.07) is -1.19. The van der Waals surface area contributed by atoms with Crippen LogP contribution in [0.25, 0.3) is 0 Å². The van der Waals surface area contributed by atoms with Crippen molar-refractivity contribution in [2.75, 3.05) is 54.2 Å². The second-order valence-electron chi connectivity index (χ2n) is 19.8. The Kier molecular flexibility index (Phi) is 22.9. The Labute approximate surface area is 403 Å². The molecule has 1 aliphatic carbocycles. The third-order valence-corrected chi connectivity index (χ3v) is 14.6. The fraction of sp³-hybridized carbons (Fsp3) is 0.784. The predicted molar refractivity (Wildman–Crippen MR) is 252 cm³/mol. The minimum Gasteiger partial charge on any atom is -0.456 e. The second kappa shape index (κ2) is 27.3. The number of aliphatic hydroxyl groups excluding tert-OH is 4. The van der Waals surface area contributed by atoms with Crippen molar-refractivity contribution in [3.63, 3.8) is 0 Å². The van der Waals surface area contributed by atoms with Gasteiger partial charge in [-0.15, -0.1) is 0 Å². The molecular weight excluding hydrogens is 881 g/mol. The van der Waals surface area contributed by atoms with Gasteiger partial charge < -0.3 is 59.0 Å². The summed E-state index contributed by atoms with van der Waals surface area (Å²) < 4.78 is 30.0. The number of aliphatic hydroxyl groups is 5. The highest BCUT2D eigenvalue weighted by atomic mass is 16.7. The largest absolute Gasteiger partial charge is 0.456 e. The number of ketones is 2. The van der Waals surface area contributed by atoms with Crippen LogP contribution in [0.2, 0.25) is 0 Å². The normalized spacial score (nSPS) is 36.4. The van der Waals surface area contributed by atoms with Gasteiger partial charge in [0.15, 0.2) is 0 Å². The Morgan fingerprint density at radius 1 is 0.882 bits per heavy atom. The predicted octanol–water partition coefficient (Wildman–Crippen LogP) is 3.60. The van der Waals surface area contributed by atoms with E-state index in [9.17, 15) is 49.5 Å². The Balaban J connectivity index is 1.75. The van der Waals surface area contributed by atoms with Gasteiger partial charge in [0.2, 0.25) is 11.7 Å². The molecule has 4 aliphatic rings. The first-order chi connectivity index (χ1) is 32.3. The lowest BCUT2D eigenvalue weighted by Crippen LogP contribution is -2.64. The molecule has 3 heterocycles. The first kappa shape index (κ1) is 57.2. The van der Waals surface area contributed by atoms with Crippen LogP contribution < -0.4 is 0 Å². The van der Waals surface area contributed by atoms with Crippen LogP contribution in [0.15, 0.2) is 35.5 Å². The number of cyclic esters (lactones) is 1. The number of esters is 1. The van der Waals surface area contributed by atoms with E-state index in [2.05, 4.69) is 0 Å². The maximum absolute atomic E-state index is 14.5. The maximum Gasteiger partial charge on any atom is 0.329 e. The summed E-state index contributed by atoms with van der Waals surface area (Å²) in [6.45, 7) is 8.87. The van der Waals surface area contributed by atoms with Crippen molar-refractivity contribution < 1.29 is 73.2 Å². The first-order valence-electron chi connectivity index (χ1n) is 24.8. The van der Waals surface area contributed by atoms with Crippen LogP contribution in [0.4, 0.5) is 0 Å². The van der Waals surface area contributed by atoms with Gasteiger partial charge in [0.1, 0.15) is 24.0 Å². The van der Waals surface area contributed by atoms with Gasteiger partial charge in [-0.1, -0.05) is 50.6 Å². The monoisotopic (exact) mass is 963 g/mol. The van der Waals surface area contributed by atoms with E-state index in [-0.39, 0.29) is 88.5 Å². The number of hydrogen-bond donors (Lipinski definition) is 5. The zero-order valence-corrected chi connectivity index (χ0v) is 41.8. The van der Waals surface area contributed by atoms with Crippen molar-refractivity contribution in [1.82, 2.24) is 9.80 Å². The van der Waals surface area contributed by atoms with E-state index in [4.69, 9.17) is 23.7 Å². The molecule has 2 amide bonds. The van der Waals surface area contributed by atoms with Crippen LogP contribution >= 0.6 is 0 Å². The summed E-state index contributed by atoms with van der Waals surface area (Å²) in [4.78, 5) is 72.9. The number of fused-ring (bicyclic) bond motifs is 3. The molecule has 386 valence electrons. The number of carbonyl (C=O) groups is 5. The lowest BCUT2D eigenvalue weighted by Gasteiger charge is -2.47. The van der Waals surface area contributed by atoms with E-state index in [0.29, 0.717) is 56.9 Å². The van der Waals surface area contributed by atoms with Gasteiger partial charge in [0.05, 0.1) is 43.7 Å². The topological polar surface area (TPSA) is 239 Å². The molecule has 0 spiro atoms. The van der Waals surface area contributed by atoms with Crippen LogP contribution in [0.5, 0.6) is 0 Å². The van der Waals surface area contributed by atoms with E-state index >= 15 is 0 Å². The summed E-state index contributed by atoms with van der Waals surface area (Å²) in [5.74, 6) is -8.58. The Hall–Kier alpha value is -3.39. The molecule has 17 heteroatoms. The number of amides is 2. The van der Waals surface area contributed by atoms with E-state index in [0.717, 1.165) is 10.5 Å². The molecule has 4 rings (SSSR count). The molecule has 2 bridgehead atoms. The molecule has 0 radical (unpaired) electrons. The van der Waals surface area contributed by atoms with Crippen LogP contribution in [-0.4, -0.2) is 173 Å². The molecule has 1 saturated carbocycles. The van der Waals surface area contributed by atoms with E-state index in [1.807, 2.05) is 38.2 Å². The Morgan fingerprint density at radius 3 is 2.19 bits per heavy atom. The van der Waals surface area contributed by atoms with Gasteiger partial charge in [0, 0.05) is 71.6 Å². The first-order valence-corrected chi connectivity index (χ1v) is 24.8. The van der Waals surface area contributed by atoms with E-state index < -0.39 is 90.0 Å². The Morgan fingerprint density at radius 2 is 1.54 bits per heavy atom. The number of Topliss-reactive ketones (excluding diaryl/α,β-unsaturated/α-hetero) is 2. The second-order valence-corrected chi connectivity index (χ2v) is 19.8. The van der Waals surface area contributed by atoms with Gasteiger partial charge in [-0.05, 0) is 102 Å². The zero-order valence-electron chi connectivity index (χ0n) is 41.8. The summed E-state index contributed by atoms with van der Waals surface area (Å²) >= 11 is 0. The van der Waals surface area contributed by atoms with Gasteiger partial charge >= 0.3 is 5.97 Å². The molecule has 0 aromatic heterocycles. The molecule has 2 saturated heterocycles. The lowest BCUT2D eigenvalue weighted by molar-refractivity contribution is -0.302. The van der Waals surface area contributed by atoms with Crippen LogP contribution in [-0.2, 0) is 47.7 Å². The Bertz CT molecular complexity index is 1760. The summed E-state index contributed by atoms with van der Waals surface area (Å²) in [5.41, 5.74) is 1.50. The molecule has 5 N–H and O–H groups in total. The fourth-order valence-corrected chi connectivity index (χ4v) is 10.6. The lowest BCUT2D eigenvalue weighted by atomic mass is 9.81. The van der Waals surface area contributed by atoms with E-state index in [1.165, 1.54) is 19.1 Å². The molecule has 14 atom stereocenters. The number of carbonyl (C=O) groups excluding carboxylic acids is 5. The van der Waals surface area contributed by atoms with Gasteiger partial charge in [-0.2, -0.15) is 0 Å². The molecule has 0 unspecified atom stereocenters. The average molecular weight is 963 g/mol. The van der Waals surface area contributed by atoms with Gasteiger partial charge in [0.25, 0.3) is 11.7 Å². The van der Waals surface area contributed by atoms with Crippen molar-refractivity contribution in [3.8, 4) is 0 Å². The molecular formula is C51H82N2O15. The highest BCUT2D eigenvalue weighted by Gasteiger charge is 2.56. The van der Waals surface area contributed by atoms with Crippen LogP contribution in [0, 0.1) is 29.6 Å². The number of nitrogens with zero attached hydrogens (tertiary/aromatic N) is 2. The summed E-state index contributed by atoms with van der Waals surface area (Å²) in [7, 11) is 4.56. The highest BCUT2D eigenvalue weighted by Crippen LogP contribution is 2.39. The quantitative estimate of drug-likeness (QED) is 0.0950. The molecule has 3 aliphatic heterocycles. The van der Waals surface area contributed by atoms with Crippen molar-refractivity contribution in [1.29, 1.82) is 0 Å². The average Bonchev–Trinajstić information content (AvgIpc) is 3.31. The van der Waals surface area contributed by atoms with Crippen molar-refractivity contribution >= 4 is 29.4 Å². The highest BCUT2D eigenvalue weighted by molar-refractivity contribution is 6.39. The van der Waals surface area contributed by atoms with Crippen LogP contribution in [0.1, 0.15) is 118 Å². The number of methoxy groups -OCH3 is 3. The molecule has 17 nitrogen and oxygen atoms in total. The molecule has 0 aromatic carbocycles. The number of hydrogen-bond acceptors (Lipinski definition) is 15. The molecule has 3 fully saturated rings. The molecule has 0 aromatic rings. The minimum atomic E-state index is -2.56. The van der Waals surface area contributed by atoms with Gasteiger partial charge in [-0.3, -0.25) is 19.2 Å². The maximum atomic E-state index is 14.5. The number of allylic oxidation sites excluding steroid dienone is 5. The smallest absolute Gasteiger partial charge is 0.329 e. The zero-order chi connectivity index (χ0) is 50.3. The van der Waals surface area contributed by atoms with E-state index in [1.54, 1.807) is 27.9 Å². The summed E-state index contributed by atoms with van der Waals surface area (Å²) in [5, 5.41) is 53.3. The van der Waals surface area contributed by atoms with Crippen molar-refractivity contribution in [3.05, 3.63) is 35.5 Å². The number of ether oxygens (including phenoxy) is 5. The van der Waals surface area contributed by atoms with Gasteiger partial charge in [-0.25, -0.2) is 4.79 Å². The third kappa shape index (κ3) is 15.1. The van der Waals surface area contributed by atoms with Crippen molar-refractivity contribution in [2.45, 2.75) is 173 Å². The minimum absolute atomic E-state index is 0.0521. The summed E-state index contributed by atoms with van der Waals surface area (Å²) in [6.07, 6.45) is 6.37. The van der Waals surface area contributed by atoms with Crippen LogP contribution in [0.3, 0.4) is 0 Å².